The number of ether oxygens (including phenoxy) is 1. The van der Waals surface area contributed by atoms with Crippen LogP contribution in [0.4, 0.5) is 0 Å². The maximum absolute atomic E-state index is 9.34. The van der Waals surface area contributed by atoms with E-state index in [9.17, 15) is 5.11 Å². The second-order valence-electron chi connectivity index (χ2n) is 8.42. The van der Waals surface area contributed by atoms with Crippen LogP contribution in [0.25, 0.3) is 17.3 Å². The van der Waals surface area contributed by atoms with Gasteiger partial charge in [0.2, 0.25) is 0 Å². The summed E-state index contributed by atoms with van der Waals surface area (Å²) in [4.78, 5) is 4.57. The molecule has 1 heterocycles. The summed E-state index contributed by atoms with van der Waals surface area (Å²) in [6.45, 7) is 14.5. The minimum absolute atomic E-state index is 0.357. The molecule has 0 saturated heterocycles. The van der Waals surface area contributed by atoms with Gasteiger partial charge in [-0.15, -0.1) is 0 Å². The summed E-state index contributed by atoms with van der Waals surface area (Å²) < 4.78 is 7.45. The first-order valence-electron chi connectivity index (χ1n) is 12.9. The summed E-state index contributed by atoms with van der Waals surface area (Å²) in [6, 6.07) is 7.83. The van der Waals surface area contributed by atoms with Gasteiger partial charge in [-0.2, -0.15) is 5.10 Å². The van der Waals surface area contributed by atoms with Crippen LogP contribution in [-0.2, 0) is 0 Å². The van der Waals surface area contributed by atoms with Crippen molar-refractivity contribution in [3.05, 3.63) is 54.0 Å². The number of nitrogens with two attached hydrogens (primary N) is 1. The standard InChI is InChI=1S/C26H35N3O2.C2H6.CH5N/c1-5-21-7-6-8-23(17-21)19(2)9-14-26-28-18-25(29(26)27-4)22-10-12-24(13-11-22)31-16-15-20(3)30;2*1-2/h9-14,17-21,30H,4-8,15-16H2,1-3H3;1-2H3;2H2,1H3/b14-9-;;/t19?,20-,21?;;/m1../s1. The van der Waals surface area contributed by atoms with Gasteiger partial charge in [0.15, 0.2) is 5.82 Å². The van der Waals surface area contributed by atoms with E-state index in [1.54, 1.807) is 11.6 Å². The van der Waals surface area contributed by atoms with Crippen molar-refractivity contribution in [1.29, 1.82) is 0 Å². The van der Waals surface area contributed by atoms with Gasteiger partial charge >= 0.3 is 0 Å². The number of rotatable bonds is 10. The zero-order chi connectivity index (χ0) is 26.2. The van der Waals surface area contributed by atoms with E-state index in [2.05, 4.69) is 48.5 Å². The molecule has 1 aliphatic rings. The monoisotopic (exact) mass is 482 g/mol. The number of nitrogens with zero attached hydrogens (tertiary/aromatic N) is 3. The number of hydrogen-bond acceptors (Lipinski definition) is 5. The maximum atomic E-state index is 9.34. The molecule has 35 heavy (non-hydrogen) atoms. The van der Waals surface area contributed by atoms with E-state index >= 15 is 0 Å². The van der Waals surface area contributed by atoms with Gasteiger partial charge < -0.3 is 15.6 Å². The Balaban J connectivity index is 0.00000145. The topological polar surface area (TPSA) is 85.7 Å². The second-order valence-corrected chi connectivity index (χ2v) is 8.42. The highest BCUT2D eigenvalue weighted by Gasteiger charge is 2.16. The molecule has 6 heteroatoms. The van der Waals surface area contributed by atoms with Crippen molar-refractivity contribution in [2.24, 2.45) is 22.7 Å². The minimum Gasteiger partial charge on any atom is -0.493 e. The van der Waals surface area contributed by atoms with Crippen LogP contribution in [0.2, 0.25) is 0 Å². The molecule has 6 nitrogen and oxygen atoms in total. The van der Waals surface area contributed by atoms with E-state index in [0.29, 0.717) is 18.9 Å². The lowest BCUT2D eigenvalue weighted by molar-refractivity contribution is 0.155. The van der Waals surface area contributed by atoms with Gasteiger partial charge in [-0.25, -0.2) is 9.66 Å². The van der Waals surface area contributed by atoms with E-state index in [4.69, 9.17) is 4.74 Å². The Labute approximate surface area is 212 Å². The highest BCUT2D eigenvalue weighted by atomic mass is 16.5. The second kappa shape index (κ2) is 16.8. The zero-order valence-electron chi connectivity index (χ0n) is 22.6. The van der Waals surface area contributed by atoms with E-state index in [1.807, 2.05) is 50.4 Å². The zero-order valence-corrected chi connectivity index (χ0v) is 22.6. The fourth-order valence-electron chi connectivity index (χ4n) is 3.98. The molecule has 2 unspecified atom stereocenters. The third kappa shape index (κ3) is 9.46. The summed E-state index contributed by atoms with van der Waals surface area (Å²) in [5.41, 5.74) is 7.92. The molecule has 2 aromatic rings. The number of imidazole rings is 1. The quantitative estimate of drug-likeness (QED) is 0.297. The number of aliphatic hydroxyl groups excluding tert-OH is 1. The predicted octanol–water partition coefficient (Wildman–Crippen LogP) is 6.55. The molecule has 3 rings (SSSR count). The van der Waals surface area contributed by atoms with Crippen molar-refractivity contribution in [3.63, 3.8) is 0 Å². The molecule has 3 N–H and O–H groups in total. The van der Waals surface area contributed by atoms with Crippen molar-refractivity contribution >= 4 is 12.8 Å². The van der Waals surface area contributed by atoms with Gasteiger partial charge in [-0.1, -0.05) is 45.4 Å². The lowest BCUT2D eigenvalue weighted by atomic mass is 9.83. The highest BCUT2D eigenvalue weighted by molar-refractivity contribution is 5.63. The number of hydrogen-bond donors (Lipinski definition) is 2. The fourth-order valence-corrected chi connectivity index (χ4v) is 3.98. The average Bonchev–Trinajstić information content (AvgIpc) is 3.32. The Morgan fingerprint density at radius 1 is 1.26 bits per heavy atom. The van der Waals surface area contributed by atoms with Gasteiger partial charge in [-0.3, -0.25) is 0 Å². The van der Waals surface area contributed by atoms with Crippen LogP contribution in [0, 0.1) is 11.8 Å². The largest absolute Gasteiger partial charge is 0.493 e. The summed E-state index contributed by atoms with van der Waals surface area (Å²) in [7, 11) is 1.50. The van der Waals surface area contributed by atoms with Crippen LogP contribution < -0.4 is 10.5 Å². The fraction of sp³-hybridized carbons (Fsp3) is 0.517. The van der Waals surface area contributed by atoms with E-state index in [-0.39, 0.29) is 6.10 Å². The molecule has 0 aliphatic heterocycles. The number of benzene rings is 1. The minimum atomic E-state index is -0.357. The molecular formula is C29H46N4O2. The normalized spacial score (nSPS) is 16.8. The smallest absolute Gasteiger partial charge is 0.153 e. The molecule has 0 spiro atoms. The van der Waals surface area contributed by atoms with Gasteiger partial charge in [-0.05, 0) is 81.8 Å². The number of aromatic nitrogens is 2. The molecular weight excluding hydrogens is 436 g/mol. The first-order valence-corrected chi connectivity index (χ1v) is 12.9. The van der Waals surface area contributed by atoms with Crippen LogP contribution in [0.3, 0.4) is 0 Å². The molecule has 0 bridgehead atoms. The predicted molar refractivity (Wildman–Crippen MR) is 150 cm³/mol. The Bertz CT molecular complexity index is 913. The molecule has 1 aliphatic carbocycles. The van der Waals surface area contributed by atoms with E-state index in [0.717, 1.165) is 28.7 Å². The molecule has 1 aromatic heterocycles. The summed E-state index contributed by atoms with van der Waals surface area (Å²) in [5.74, 6) is 2.67. The Morgan fingerprint density at radius 3 is 2.54 bits per heavy atom. The van der Waals surface area contributed by atoms with Gasteiger partial charge in [0.25, 0.3) is 0 Å². The third-order valence-corrected chi connectivity index (χ3v) is 5.99. The first kappa shape index (κ1) is 30.3. The lowest BCUT2D eigenvalue weighted by Gasteiger charge is -2.22. The van der Waals surface area contributed by atoms with E-state index < -0.39 is 0 Å². The Morgan fingerprint density at radius 2 is 1.94 bits per heavy atom. The Hall–Kier alpha value is -2.70. The third-order valence-electron chi connectivity index (χ3n) is 5.99. The molecule has 0 radical (unpaired) electrons. The summed E-state index contributed by atoms with van der Waals surface area (Å²) in [6.07, 6.45) is 13.8. The van der Waals surface area contributed by atoms with E-state index in [1.165, 1.54) is 38.3 Å². The first-order chi connectivity index (χ1) is 17.0. The van der Waals surface area contributed by atoms with Crippen LogP contribution in [-0.4, -0.2) is 41.2 Å². The Kier molecular flexibility index (Phi) is 14.6. The molecule has 3 atom stereocenters. The van der Waals surface area contributed by atoms with Crippen molar-refractivity contribution in [2.75, 3.05) is 13.7 Å². The van der Waals surface area contributed by atoms with Crippen molar-refractivity contribution in [3.8, 4) is 17.0 Å². The average molecular weight is 483 g/mol. The van der Waals surface area contributed by atoms with Gasteiger partial charge in [0, 0.05) is 18.7 Å². The summed E-state index contributed by atoms with van der Waals surface area (Å²) in [5, 5.41) is 13.5. The molecule has 0 fully saturated rings. The van der Waals surface area contributed by atoms with Crippen molar-refractivity contribution in [2.45, 2.75) is 72.8 Å². The van der Waals surface area contributed by atoms with Crippen LogP contribution in [0.1, 0.15) is 72.5 Å². The molecule has 1 aromatic carbocycles. The van der Waals surface area contributed by atoms with Gasteiger partial charge in [0.1, 0.15) is 5.75 Å². The highest BCUT2D eigenvalue weighted by Crippen LogP contribution is 2.30. The van der Waals surface area contributed by atoms with Gasteiger partial charge in [0.05, 0.1) is 24.6 Å². The molecule has 0 saturated carbocycles. The maximum Gasteiger partial charge on any atom is 0.153 e. The summed E-state index contributed by atoms with van der Waals surface area (Å²) >= 11 is 0. The van der Waals surface area contributed by atoms with Crippen molar-refractivity contribution in [1.82, 2.24) is 9.66 Å². The van der Waals surface area contributed by atoms with Crippen LogP contribution >= 0.6 is 0 Å². The number of aliphatic hydroxyl groups is 1. The number of allylic oxidation sites excluding steroid dienone is 3. The van der Waals surface area contributed by atoms with Crippen LogP contribution in [0.5, 0.6) is 5.75 Å². The van der Waals surface area contributed by atoms with Crippen LogP contribution in [0.15, 0.2) is 53.3 Å². The SMILES string of the molecule is C=Nn1c(-c2ccc(OCC[C@@H](C)O)cc2)cnc1/C=C\C(C)C1=CC(CC)CCC1.CC.CN. The van der Waals surface area contributed by atoms with Crippen molar-refractivity contribution < 1.29 is 9.84 Å². The molecule has 0 amide bonds. The lowest BCUT2D eigenvalue weighted by Crippen LogP contribution is -2.07. The molecule has 194 valence electrons.